The van der Waals surface area contributed by atoms with Crippen LogP contribution >= 0.6 is 11.3 Å². The lowest BCUT2D eigenvalue weighted by Gasteiger charge is -2.14. The lowest BCUT2D eigenvalue weighted by molar-refractivity contribution is -0.136. The highest BCUT2D eigenvalue weighted by Crippen LogP contribution is 2.26. The van der Waals surface area contributed by atoms with Crippen molar-refractivity contribution in [2.24, 2.45) is 5.92 Å². The number of carbonyl (C=O) groups excluding carboxylic acids is 1. The average molecular weight is 363 g/mol. The third kappa shape index (κ3) is 6.07. The summed E-state index contributed by atoms with van der Waals surface area (Å²) in [4.78, 5) is 26.9. The molecule has 3 N–H and O–H groups in total. The Morgan fingerprint density at radius 3 is 2.76 bits per heavy atom. The molecule has 0 aliphatic rings. The van der Waals surface area contributed by atoms with E-state index in [1.165, 1.54) is 11.3 Å². The Bertz CT molecular complexity index is 758. The second-order valence-electron chi connectivity index (χ2n) is 6.00. The van der Waals surface area contributed by atoms with Gasteiger partial charge in [-0.2, -0.15) is 0 Å². The van der Waals surface area contributed by atoms with E-state index in [-0.39, 0.29) is 6.42 Å². The number of anilines is 2. The fourth-order valence-corrected chi connectivity index (χ4v) is 2.67. The van der Waals surface area contributed by atoms with Crippen molar-refractivity contribution in [1.82, 2.24) is 4.98 Å². The highest BCUT2D eigenvalue weighted by molar-refractivity contribution is 7.13. The van der Waals surface area contributed by atoms with Crippen LogP contribution in [-0.4, -0.2) is 28.7 Å². The molecule has 0 saturated heterocycles. The van der Waals surface area contributed by atoms with Crippen LogP contribution in [0.4, 0.5) is 15.6 Å². The van der Waals surface area contributed by atoms with Gasteiger partial charge in [-0.05, 0) is 30.5 Å². The van der Waals surface area contributed by atoms with Gasteiger partial charge in [0.25, 0.3) is 0 Å². The van der Waals surface area contributed by atoms with Crippen molar-refractivity contribution < 1.29 is 19.4 Å². The maximum absolute atomic E-state index is 12.2. The van der Waals surface area contributed by atoms with Gasteiger partial charge in [0.1, 0.15) is 5.75 Å². The van der Waals surface area contributed by atoms with Crippen LogP contribution in [0.5, 0.6) is 5.75 Å². The highest BCUT2D eigenvalue weighted by atomic mass is 32.1. The van der Waals surface area contributed by atoms with Gasteiger partial charge < -0.3 is 15.2 Å². The molecule has 0 saturated carbocycles. The summed E-state index contributed by atoms with van der Waals surface area (Å²) >= 11 is 1.17. The zero-order valence-corrected chi connectivity index (χ0v) is 15.1. The van der Waals surface area contributed by atoms with Crippen molar-refractivity contribution in [3.63, 3.8) is 0 Å². The molecule has 1 aromatic heterocycles. The van der Waals surface area contributed by atoms with Crippen molar-refractivity contribution in [2.75, 3.05) is 17.2 Å². The van der Waals surface area contributed by atoms with E-state index in [0.29, 0.717) is 34.8 Å². The lowest BCUT2D eigenvalue weighted by atomic mass is 10.2. The fourth-order valence-electron chi connectivity index (χ4n) is 1.96. The van der Waals surface area contributed by atoms with Gasteiger partial charge in [-0.15, -0.1) is 11.3 Å². The SMILES string of the molecule is Cc1ccc(NC(=O)Nc2nc(CC(=O)O)cs2)c(OCC(C)C)c1. The molecule has 2 amide bonds. The number of nitrogens with zero attached hydrogens (tertiary/aromatic N) is 1. The molecule has 25 heavy (non-hydrogen) atoms. The first-order chi connectivity index (χ1) is 11.8. The molecule has 1 aromatic carbocycles. The second-order valence-corrected chi connectivity index (χ2v) is 6.86. The second kappa shape index (κ2) is 8.48. The van der Waals surface area contributed by atoms with Gasteiger partial charge >= 0.3 is 12.0 Å². The fraction of sp³-hybridized carbons (Fsp3) is 0.353. The van der Waals surface area contributed by atoms with E-state index in [1.807, 2.05) is 32.9 Å². The van der Waals surface area contributed by atoms with Crippen LogP contribution in [0.3, 0.4) is 0 Å². The molecule has 1 heterocycles. The third-order valence-corrected chi connectivity index (χ3v) is 3.87. The van der Waals surface area contributed by atoms with Crippen LogP contribution in [0.1, 0.15) is 25.1 Å². The number of carbonyl (C=O) groups is 2. The topological polar surface area (TPSA) is 101 Å². The summed E-state index contributed by atoms with van der Waals surface area (Å²) < 4.78 is 5.76. The number of carboxylic acids is 1. The van der Waals surface area contributed by atoms with Gasteiger partial charge in [0.15, 0.2) is 5.13 Å². The molecule has 2 aromatic rings. The molecule has 0 unspecified atom stereocenters. The number of nitrogens with one attached hydrogen (secondary N) is 2. The Kier molecular flexibility index (Phi) is 6.35. The minimum absolute atomic E-state index is 0.176. The molecule has 0 radical (unpaired) electrons. The maximum Gasteiger partial charge on any atom is 0.325 e. The minimum atomic E-state index is -0.965. The molecule has 0 atom stereocenters. The first-order valence-electron chi connectivity index (χ1n) is 7.81. The third-order valence-electron chi connectivity index (χ3n) is 3.06. The number of amides is 2. The number of urea groups is 1. The number of aromatic nitrogens is 1. The van der Waals surface area contributed by atoms with Crippen molar-refractivity contribution in [3.8, 4) is 5.75 Å². The Balaban J connectivity index is 2.02. The first-order valence-corrected chi connectivity index (χ1v) is 8.69. The number of hydrogen-bond acceptors (Lipinski definition) is 5. The normalized spacial score (nSPS) is 10.6. The van der Waals surface area contributed by atoms with E-state index >= 15 is 0 Å². The van der Waals surface area contributed by atoms with E-state index in [4.69, 9.17) is 9.84 Å². The number of carboxylic acid groups (broad SMARTS) is 1. The first kappa shape index (κ1) is 18.7. The quantitative estimate of drug-likeness (QED) is 0.695. The van der Waals surface area contributed by atoms with Gasteiger partial charge in [0.05, 0.1) is 24.4 Å². The minimum Gasteiger partial charge on any atom is -0.491 e. The van der Waals surface area contributed by atoms with E-state index in [1.54, 1.807) is 11.4 Å². The molecule has 0 aliphatic heterocycles. The summed E-state index contributed by atoms with van der Waals surface area (Å²) in [6.07, 6.45) is -0.176. The van der Waals surface area contributed by atoms with Crippen LogP contribution in [0, 0.1) is 12.8 Å². The van der Waals surface area contributed by atoms with Crippen molar-refractivity contribution in [1.29, 1.82) is 0 Å². The number of hydrogen-bond donors (Lipinski definition) is 3. The van der Waals surface area contributed by atoms with Crippen LogP contribution in [0.2, 0.25) is 0 Å². The van der Waals surface area contributed by atoms with Crippen LogP contribution < -0.4 is 15.4 Å². The number of ether oxygens (including phenoxy) is 1. The molecule has 0 spiro atoms. The predicted molar refractivity (Wildman–Crippen MR) is 97.6 cm³/mol. The van der Waals surface area contributed by atoms with E-state index in [0.717, 1.165) is 5.56 Å². The molecule has 2 rings (SSSR count). The number of benzene rings is 1. The van der Waals surface area contributed by atoms with E-state index in [9.17, 15) is 9.59 Å². The molecule has 0 bridgehead atoms. The number of thiazole rings is 1. The Hall–Kier alpha value is -2.61. The number of aryl methyl sites for hydroxylation is 1. The number of aliphatic carboxylic acids is 1. The summed E-state index contributed by atoms with van der Waals surface area (Å²) in [5.41, 5.74) is 2.00. The van der Waals surface area contributed by atoms with Crippen molar-refractivity contribution >= 4 is 34.2 Å². The number of rotatable bonds is 7. The molecule has 7 nitrogen and oxygen atoms in total. The smallest absolute Gasteiger partial charge is 0.325 e. The maximum atomic E-state index is 12.2. The molecular weight excluding hydrogens is 342 g/mol. The van der Waals surface area contributed by atoms with Crippen molar-refractivity contribution in [2.45, 2.75) is 27.2 Å². The standard InChI is InChI=1S/C17H21N3O4S/c1-10(2)8-24-14-6-11(3)4-5-13(14)19-16(23)20-17-18-12(9-25-17)7-15(21)22/h4-6,9-10H,7-8H2,1-3H3,(H,21,22)(H2,18,19,20,23). The molecule has 8 heteroatoms. The molecule has 0 fully saturated rings. The zero-order valence-electron chi connectivity index (χ0n) is 14.3. The molecule has 0 aliphatic carbocycles. The van der Waals surface area contributed by atoms with Gasteiger partial charge in [0, 0.05) is 5.38 Å². The van der Waals surface area contributed by atoms with Gasteiger partial charge in [-0.25, -0.2) is 9.78 Å². The molecule has 134 valence electrons. The average Bonchev–Trinajstić information content (AvgIpc) is 2.93. The van der Waals surface area contributed by atoms with E-state index < -0.39 is 12.0 Å². The summed E-state index contributed by atoms with van der Waals surface area (Å²) in [5.74, 6) is 0.00705. The lowest BCUT2D eigenvalue weighted by Crippen LogP contribution is -2.20. The Labute approximate surface area is 150 Å². The summed E-state index contributed by atoms with van der Waals surface area (Å²) in [7, 11) is 0. The predicted octanol–water partition coefficient (Wildman–Crippen LogP) is 3.76. The summed E-state index contributed by atoms with van der Waals surface area (Å²) in [6, 6.07) is 5.07. The largest absolute Gasteiger partial charge is 0.491 e. The summed E-state index contributed by atoms with van der Waals surface area (Å²) in [6.45, 7) is 6.59. The Morgan fingerprint density at radius 1 is 1.32 bits per heavy atom. The van der Waals surface area contributed by atoms with Gasteiger partial charge in [-0.1, -0.05) is 19.9 Å². The highest BCUT2D eigenvalue weighted by Gasteiger charge is 2.12. The van der Waals surface area contributed by atoms with Crippen LogP contribution in [0.15, 0.2) is 23.6 Å². The van der Waals surface area contributed by atoms with Crippen LogP contribution in [0.25, 0.3) is 0 Å². The van der Waals surface area contributed by atoms with Crippen LogP contribution in [-0.2, 0) is 11.2 Å². The van der Waals surface area contributed by atoms with Gasteiger partial charge in [-0.3, -0.25) is 10.1 Å². The van der Waals surface area contributed by atoms with Crippen molar-refractivity contribution in [3.05, 3.63) is 34.8 Å². The zero-order chi connectivity index (χ0) is 18.4. The van der Waals surface area contributed by atoms with E-state index in [2.05, 4.69) is 15.6 Å². The Morgan fingerprint density at radius 2 is 2.08 bits per heavy atom. The summed E-state index contributed by atoms with van der Waals surface area (Å²) in [5, 5.41) is 16.0. The molecular formula is C17H21N3O4S. The monoisotopic (exact) mass is 363 g/mol. The van der Waals surface area contributed by atoms with Gasteiger partial charge in [0.2, 0.25) is 0 Å².